The summed E-state index contributed by atoms with van der Waals surface area (Å²) in [7, 11) is 5.74. The highest BCUT2D eigenvalue weighted by atomic mass is 32.2. The molecule has 0 fully saturated rings. The number of sulfonamides is 1. The Labute approximate surface area is 194 Å². The van der Waals surface area contributed by atoms with Gasteiger partial charge in [-0.25, -0.2) is 13.6 Å². The van der Waals surface area contributed by atoms with E-state index in [-0.39, 0.29) is 11.7 Å². The molecule has 4 rings (SSSR count). The first-order chi connectivity index (χ1) is 15.6. The van der Waals surface area contributed by atoms with Gasteiger partial charge in [0.05, 0.1) is 23.4 Å². The molecule has 0 aromatic heterocycles. The van der Waals surface area contributed by atoms with Crippen molar-refractivity contribution >= 4 is 21.4 Å². The van der Waals surface area contributed by atoms with Crippen LogP contribution in [0.25, 0.3) is 22.3 Å². The van der Waals surface area contributed by atoms with Crippen LogP contribution in [0.4, 0.5) is 11.4 Å². The lowest BCUT2D eigenvalue weighted by molar-refractivity contribution is 0.174. The molecule has 0 spiro atoms. The molecular weight excluding hydrogens is 442 g/mol. The molecule has 0 amide bonds. The molecular formula is C24H27N3O5S. The lowest BCUT2D eigenvalue weighted by Gasteiger charge is -2.25. The molecule has 1 aliphatic heterocycles. The molecule has 9 heteroatoms. The van der Waals surface area contributed by atoms with E-state index in [0.717, 1.165) is 39.4 Å². The van der Waals surface area contributed by atoms with Gasteiger partial charge in [-0.05, 0) is 58.7 Å². The van der Waals surface area contributed by atoms with Crippen molar-refractivity contribution in [2.75, 3.05) is 51.9 Å². The second-order valence-electron chi connectivity index (χ2n) is 8.16. The predicted molar refractivity (Wildman–Crippen MR) is 130 cm³/mol. The summed E-state index contributed by atoms with van der Waals surface area (Å²) < 4.78 is 40.4. The van der Waals surface area contributed by atoms with Crippen molar-refractivity contribution in [2.24, 2.45) is 5.14 Å². The van der Waals surface area contributed by atoms with Crippen LogP contribution in [-0.2, 0) is 10.0 Å². The number of nitrogens with zero attached hydrogens (tertiary/aromatic N) is 2. The Morgan fingerprint density at radius 2 is 1.30 bits per heavy atom. The fourth-order valence-electron chi connectivity index (χ4n) is 3.87. The van der Waals surface area contributed by atoms with Gasteiger partial charge in [0.25, 0.3) is 0 Å². The van der Waals surface area contributed by atoms with E-state index in [9.17, 15) is 8.42 Å². The molecule has 33 heavy (non-hydrogen) atoms. The van der Waals surface area contributed by atoms with E-state index in [0.29, 0.717) is 11.5 Å². The third kappa shape index (κ3) is 4.29. The summed E-state index contributed by atoms with van der Waals surface area (Å²) in [5.74, 6) is 2.07. The molecule has 0 atom stereocenters. The van der Waals surface area contributed by atoms with Crippen LogP contribution in [0.2, 0.25) is 0 Å². The summed E-state index contributed by atoms with van der Waals surface area (Å²) >= 11 is 0. The maximum Gasteiger partial charge on any atom is 0.238 e. The van der Waals surface area contributed by atoms with E-state index in [2.05, 4.69) is 12.1 Å². The molecule has 174 valence electrons. The van der Waals surface area contributed by atoms with Crippen LogP contribution in [0.3, 0.4) is 0 Å². The lowest BCUT2D eigenvalue weighted by Crippen LogP contribution is -2.15. The van der Waals surface area contributed by atoms with Gasteiger partial charge in [0.2, 0.25) is 16.8 Å². The molecule has 8 nitrogen and oxygen atoms in total. The molecule has 0 radical (unpaired) electrons. The number of anilines is 2. The molecule has 0 bridgehead atoms. The van der Waals surface area contributed by atoms with Crippen LogP contribution in [0.5, 0.6) is 17.2 Å². The maximum absolute atomic E-state index is 11.7. The Balaban J connectivity index is 1.97. The normalized spacial score (nSPS) is 12.5. The van der Waals surface area contributed by atoms with Gasteiger partial charge in [0.15, 0.2) is 17.2 Å². The van der Waals surface area contributed by atoms with E-state index >= 15 is 0 Å². The number of fused-ring (bicyclic) bond motifs is 1. The van der Waals surface area contributed by atoms with Crippen LogP contribution in [0.1, 0.15) is 0 Å². The van der Waals surface area contributed by atoms with E-state index in [4.69, 9.17) is 19.3 Å². The van der Waals surface area contributed by atoms with Crippen LogP contribution < -0.4 is 29.1 Å². The molecule has 3 aromatic carbocycles. The molecule has 0 saturated heterocycles. The average molecular weight is 470 g/mol. The number of primary sulfonamides is 1. The first-order valence-electron chi connectivity index (χ1n) is 10.2. The van der Waals surface area contributed by atoms with Crippen LogP contribution in [-0.4, -0.2) is 50.5 Å². The fraction of sp³-hybridized carbons (Fsp3) is 0.250. The van der Waals surface area contributed by atoms with E-state index < -0.39 is 10.0 Å². The highest BCUT2D eigenvalue weighted by Crippen LogP contribution is 2.47. The molecule has 3 aromatic rings. The standard InChI is InChI=1S/C24H27N3O5S/c1-26(2)20-10-16(11-21(27(3)4)24(20)30-5)19-13-23-22(31-14-32-23)12-18(19)15-6-8-17(9-7-15)33(25,28)29/h6-13H,14H2,1-5H3,(H2,25,28,29). The Hall–Kier alpha value is -3.43. The zero-order valence-electron chi connectivity index (χ0n) is 19.2. The topological polar surface area (TPSA) is 94.3 Å². The highest BCUT2D eigenvalue weighted by Gasteiger charge is 2.22. The zero-order valence-corrected chi connectivity index (χ0v) is 20.1. The number of methoxy groups -OCH3 is 1. The summed E-state index contributed by atoms with van der Waals surface area (Å²) in [6.45, 7) is 0.150. The Morgan fingerprint density at radius 3 is 1.73 bits per heavy atom. The smallest absolute Gasteiger partial charge is 0.238 e. The number of rotatable bonds is 6. The van der Waals surface area contributed by atoms with Crippen molar-refractivity contribution in [3.63, 3.8) is 0 Å². The van der Waals surface area contributed by atoms with Crippen molar-refractivity contribution < 1.29 is 22.6 Å². The third-order valence-electron chi connectivity index (χ3n) is 5.54. The van der Waals surface area contributed by atoms with Crippen LogP contribution in [0, 0.1) is 0 Å². The molecule has 2 N–H and O–H groups in total. The monoisotopic (exact) mass is 469 g/mol. The van der Waals surface area contributed by atoms with Gasteiger partial charge in [-0.3, -0.25) is 0 Å². The van der Waals surface area contributed by atoms with Gasteiger partial charge in [0.1, 0.15) is 0 Å². The van der Waals surface area contributed by atoms with Gasteiger partial charge in [0, 0.05) is 28.2 Å². The Morgan fingerprint density at radius 1 is 0.818 bits per heavy atom. The zero-order chi connectivity index (χ0) is 23.9. The highest BCUT2D eigenvalue weighted by molar-refractivity contribution is 7.89. The fourth-order valence-corrected chi connectivity index (χ4v) is 4.39. The molecule has 0 unspecified atom stereocenters. The lowest BCUT2D eigenvalue weighted by atomic mass is 9.93. The first kappa shape index (κ1) is 22.8. The number of benzene rings is 3. The van der Waals surface area contributed by atoms with E-state index in [1.165, 1.54) is 12.1 Å². The van der Waals surface area contributed by atoms with Gasteiger partial charge >= 0.3 is 0 Å². The second-order valence-corrected chi connectivity index (χ2v) is 9.72. The minimum Gasteiger partial charge on any atom is -0.492 e. The summed E-state index contributed by atoms with van der Waals surface area (Å²) in [6.07, 6.45) is 0. The summed E-state index contributed by atoms with van der Waals surface area (Å²) in [5, 5.41) is 5.27. The van der Waals surface area contributed by atoms with Crippen LogP contribution >= 0.6 is 0 Å². The predicted octanol–water partition coefficient (Wildman–Crippen LogP) is 3.54. The van der Waals surface area contributed by atoms with Crippen LogP contribution in [0.15, 0.2) is 53.4 Å². The number of nitrogens with two attached hydrogens (primary N) is 1. The Kier molecular flexibility index (Phi) is 5.85. The summed E-state index contributed by atoms with van der Waals surface area (Å²) in [5.41, 5.74) is 5.41. The van der Waals surface area contributed by atoms with E-state index in [1.54, 1.807) is 19.2 Å². The third-order valence-corrected chi connectivity index (χ3v) is 6.46. The number of hydrogen-bond acceptors (Lipinski definition) is 7. The quantitative estimate of drug-likeness (QED) is 0.590. The molecule has 0 saturated carbocycles. The first-order valence-corrected chi connectivity index (χ1v) is 11.8. The van der Waals surface area contributed by atoms with Crippen molar-refractivity contribution in [1.29, 1.82) is 0 Å². The SMILES string of the molecule is COc1c(N(C)C)cc(-c2cc3c(cc2-c2ccc(S(N)(=O)=O)cc2)OCO3)cc1N(C)C. The van der Waals surface area contributed by atoms with Gasteiger partial charge < -0.3 is 24.0 Å². The van der Waals surface area contributed by atoms with Crippen molar-refractivity contribution in [3.05, 3.63) is 48.5 Å². The van der Waals surface area contributed by atoms with Crippen molar-refractivity contribution in [2.45, 2.75) is 4.90 Å². The minimum absolute atomic E-state index is 0.0581. The number of hydrogen-bond donors (Lipinski definition) is 1. The summed E-state index contributed by atoms with van der Waals surface area (Å²) in [6, 6.07) is 14.5. The average Bonchev–Trinajstić information content (AvgIpc) is 3.24. The largest absolute Gasteiger partial charge is 0.492 e. The van der Waals surface area contributed by atoms with Gasteiger partial charge in [-0.2, -0.15) is 0 Å². The molecule has 1 heterocycles. The summed E-state index contributed by atoms with van der Waals surface area (Å²) in [4.78, 5) is 4.06. The van der Waals surface area contributed by atoms with Crippen molar-refractivity contribution in [3.8, 4) is 39.5 Å². The van der Waals surface area contributed by atoms with Crippen molar-refractivity contribution in [1.82, 2.24) is 0 Å². The Bertz CT molecular complexity index is 1270. The number of ether oxygens (including phenoxy) is 3. The molecule has 1 aliphatic rings. The second kappa shape index (κ2) is 8.49. The van der Waals surface area contributed by atoms with E-state index in [1.807, 2.05) is 50.1 Å². The minimum atomic E-state index is -3.78. The maximum atomic E-state index is 11.7. The van der Waals surface area contributed by atoms with Gasteiger partial charge in [-0.15, -0.1) is 0 Å². The molecule has 0 aliphatic carbocycles. The van der Waals surface area contributed by atoms with Gasteiger partial charge in [-0.1, -0.05) is 12.1 Å².